The predicted molar refractivity (Wildman–Crippen MR) is 85.2 cm³/mol. The van der Waals surface area contributed by atoms with Gasteiger partial charge in [-0.3, -0.25) is 4.98 Å². The highest BCUT2D eigenvalue weighted by Gasteiger charge is 2.16. The molecule has 2 aromatic rings. The van der Waals surface area contributed by atoms with Crippen LogP contribution in [-0.2, 0) is 6.42 Å². The zero-order valence-electron chi connectivity index (χ0n) is 12.6. The maximum atomic E-state index is 13.9. The SMILES string of the molecule is CCNC(Cc1cc(Cl)ccc1F)c1ccc(C)nc1C. The van der Waals surface area contributed by atoms with Crippen molar-refractivity contribution < 1.29 is 4.39 Å². The molecule has 0 aliphatic carbocycles. The molecule has 0 bridgehead atoms. The molecule has 21 heavy (non-hydrogen) atoms. The van der Waals surface area contributed by atoms with Crippen LogP contribution in [0.1, 0.15) is 35.5 Å². The van der Waals surface area contributed by atoms with E-state index in [1.165, 1.54) is 6.07 Å². The van der Waals surface area contributed by atoms with Gasteiger partial charge >= 0.3 is 0 Å². The summed E-state index contributed by atoms with van der Waals surface area (Å²) >= 11 is 5.98. The third-order valence-corrected chi connectivity index (χ3v) is 3.76. The molecule has 1 aromatic heterocycles. The maximum Gasteiger partial charge on any atom is 0.126 e. The molecule has 1 aromatic carbocycles. The molecule has 2 rings (SSSR count). The van der Waals surface area contributed by atoms with Crippen LogP contribution in [0.2, 0.25) is 5.02 Å². The molecule has 112 valence electrons. The Bertz CT molecular complexity index is 628. The molecule has 0 amide bonds. The van der Waals surface area contributed by atoms with Gasteiger partial charge in [-0.1, -0.05) is 24.6 Å². The van der Waals surface area contributed by atoms with E-state index in [1.54, 1.807) is 12.1 Å². The van der Waals surface area contributed by atoms with Crippen LogP contribution >= 0.6 is 11.6 Å². The van der Waals surface area contributed by atoms with Crippen LogP contribution < -0.4 is 5.32 Å². The molecule has 2 nitrogen and oxygen atoms in total. The Morgan fingerprint density at radius 1 is 1.24 bits per heavy atom. The van der Waals surface area contributed by atoms with Crippen molar-refractivity contribution in [3.8, 4) is 0 Å². The molecule has 4 heteroatoms. The van der Waals surface area contributed by atoms with Crippen molar-refractivity contribution in [2.45, 2.75) is 33.2 Å². The van der Waals surface area contributed by atoms with Crippen LogP contribution in [0.15, 0.2) is 30.3 Å². The summed E-state index contributed by atoms with van der Waals surface area (Å²) in [6, 6.07) is 8.76. The number of nitrogens with zero attached hydrogens (tertiary/aromatic N) is 1. The van der Waals surface area contributed by atoms with Crippen LogP contribution in [0.5, 0.6) is 0 Å². The molecular weight excluding hydrogens is 287 g/mol. The van der Waals surface area contributed by atoms with Gasteiger partial charge in [-0.2, -0.15) is 0 Å². The van der Waals surface area contributed by atoms with E-state index in [1.807, 2.05) is 26.8 Å². The van der Waals surface area contributed by atoms with Crippen molar-refractivity contribution in [2.75, 3.05) is 6.54 Å². The predicted octanol–water partition coefficient (Wildman–Crippen LogP) is 4.38. The third-order valence-electron chi connectivity index (χ3n) is 3.52. The first-order valence-corrected chi connectivity index (χ1v) is 7.50. The lowest BCUT2D eigenvalue weighted by atomic mass is 9.97. The minimum Gasteiger partial charge on any atom is -0.310 e. The second-order valence-corrected chi connectivity index (χ2v) is 5.61. The fourth-order valence-electron chi connectivity index (χ4n) is 2.52. The van der Waals surface area contributed by atoms with Crippen LogP contribution in [0.4, 0.5) is 4.39 Å². The number of aryl methyl sites for hydroxylation is 2. The second kappa shape index (κ2) is 7.01. The number of nitrogens with one attached hydrogen (secondary N) is 1. The van der Waals surface area contributed by atoms with Gasteiger partial charge in [-0.25, -0.2) is 4.39 Å². The number of benzene rings is 1. The summed E-state index contributed by atoms with van der Waals surface area (Å²) in [5.74, 6) is -0.222. The van der Waals surface area contributed by atoms with E-state index in [9.17, 15) is 4.39 Å². The van der Waals surface area contributed by atoms with Crippen molar-refractivity contribution in [3.05, 3.63) is 63.7 Å². The summed E-state index contributed by atoms with van der Waals surface area (Å²) < 4.78 is 13.9. The first-order valence-electron chi connectivity index (χ1n) is 7.12. The van der Waals surface area contributed by atoms with E-state index in [-0.39, 0.29) is 11.9 Å². The van der Waals surface area contributed by atoms with E-state index in [2.05, 4.69) is 16.4 Å². The minimum atomic E-state index is -0.222. The highest BCUT2D eigenvalue weighted by atomic mass is 35.5. The Kier molecular flexibility index (Phi) is 5.32. The van der Waals surface area contributed by atoms with Gasteiger partial charge in [0.25, 0.3) is 0 Å². The van der Waals surface area contributed by atoms with Crippen molar-refractivity contribution in [1.82, 2.24) is 10.3 Å². The van der Waals surface area contributed by atoms with Gasteiger partial charge in [0.2, 0.25) is 0 Å². The molecule has 1 N–H and O–H groups in total. The molecule has 1 heterocycles. The second-order valence-electron chi connectivity index (χ2n) is 5.18. The van der Waals surface area contributed by atoms with Crippen LogP contribution in [0.25, 0.3) is 0 Å². The Morgan fingerprint density at radius 3 is 2.67 bits per heavy atom. The average molecular weight is 307 g/mol. The van der Waals surface area contributed by atoms with E-state index >= 15 is 0 Å². The fraction of sp³-hybridized carbons (Fsp3) is 0.353. The summed E-state index contributed by atoms with van der Waals surface area (Å²) in [4.78, 5) is 4.50. The Morgan fingerprint density at radius 2 is 2.00 bits per heavy atom. The van der Waals surface area contributed by atoms with Crippen LogP contribution in [0, 0.1) is 19.7 Å². The van der Waals surface area contributed by atoms with Gasteiger partial charge in [0.15, 0.2) is 0 Å². The Balaban J connectivity index is 2.32. The smallest absolute Gasteiger partial charge is 0.126 e. The van der Waals surface area contributed by atoms with E-state index < -0.39 is 0 Å². The molecule has 0 saturated carbocycles. The maximum absolute atomic E-state index is 13.9. The number of rotatable bonds is 5. The molecule has 1 atom stereocenters. The van der Waals surface area contributed by atoms with Crippen LogP contribution in [0.3, 0.4) is 0 Å². The fourth-order valence-corrected chi connectivity index (χ4v) is 2.72. The summed E-state index contributed by atoms with van der Waals surface area (Å²) in [5, 5.41) is 3.96. The summed E-state index contributed by atoms with van der Waals surface area (Å²) in [7, 11) is 0. The van der Waals surface area contributed by atoms with Gasteiger partial charge in [0, 0.05) is 22.5 Å². The first kappa shape index (κ1) is 15.9. The quantitative estimate of drug-likeness (QED) is 0.886. The number of hydrogen-bond donors (Lipinski definition) is 1. The summed E-state index contributed by atoms with van der Waals surface area (Å²) in [5.41, 5.74) is 3.68. The topological polar surface area (TPSA) is 24.9 Å². The zero-order chi connectivity index (χ0) is 15.4. The van der Waals surface area contributed by atoms with Crippen molar-refractivity contribution >= 4 is 11.6 Å². The number of likely N-dealkylation sites (N-methyl/N-ethyl adjacent to an activating group) is 1. The van der Waals surface area contributed by atoms with Crippen molar-refractivity contribution in [2.24, 2.45) is 0 Å². The van der Waals surface area contributed by atoms with E-state index in [4.69, 9.17) is 11.6 Å². The molecule has 0 radical (unpaired) electrons. The van der Waals surface area contributed by atoms with Gasteiger partial charge in [-0.05, 0) is 62.2 Å². The lowest BCUT2D eigenvalue weighted by Gasteiger charge is -2.20. The lowest BCUT2D eigenvalue weighted by molar-refractivity contribution is 0.524. The van der Waals surface area contributed by atoms with Gasteiger partial charge < -0.3 is 5.32 Å². The summed E-state index contributed by atoms with van der Waals surface area (Å²) in [6.45, 7) is 6.80. The normalized spacial score (nSPS) is 12.4. The van der Waals surface area contributed by atoms with Gasteiger partial charge in [0.05, 0.1) is 0 Å². The molecular formula is C17H20ClFN2. The lowest BCUT2D eigenvalue weighted by Crippen LogP contribution is -2.24. The zero-order valence-corrected chi connectivity index (χ0v) is 13.3. The van der Waals surface area contributed by atoms with E-state index in [0.29, 0.717) is 17.0 Å². The molecule has 0 aliphatic rings. The van der Waals surface area contributed by atoms with Crippen molar-refractivity contribution in [3.63, 3.8) is 0 Å². The van der Waals surface area contributed by atoms with Crippen LogP contribution in [-0.4, -0.2) is 11.5 Å². The first-order chi connectivity index (χ1) is 10.0. The Labute approximate surface area is 130 Å². The number of aromatic nitrogens is 1. The molecule has 0 aliphatic heterocycles. The van der Waals surface area contributed by atoms with E-state index in [0.717, 1.165) is 23.5 Å². The minimum absolute atomic E-state index is 0.0241. The van der Waals surface area contributed by atoms with Gasteiger partial charge in [0.1, 0.15) is 5.82 Å². The number of pyridine rings is 1. The molecule has 0 fully saturated rings. The highest BCUT2D eigenvalue weighted by Crippen LogP contribution is 2.24. The molecule has 1 unspecified atom stereocenters. The van der Waals surface area contributed by atoms with Gasteiger partial charge in [-0.15, -0.1) is 0 Å². The Hall–Kier alpha value is -1.45. The monoisotopic (exact) mass is 306 g/mol. The molecule has 0 saturated heterocycles. The third kappa shape index (κ3) is 4.02. The van der Waals surface area contributed by atoms with Crippen molar-refractivity contribution in [1.29, 1.82) is 0 Å². The molecule has 0 spiro atoms. The number of hydrogen-bond acceptors (Lipinski definition) is 2. The standard InChI is InChI=1S/C17H20ClFN2/c1-4-20-17(15-7-5-11(2)21-12(15)3)10-13-9-14(18)6-8-16(13)19/h5-9,17,20H,4,10H2,1-3H3. The summed E-state index contributed by atoms with van der Waals surface area (Å²) in [6.07, 6.45) is 0.547. The number of halogens is 2. The largest absolute Gasteiger partial charge is 0.310 e. The average Bonchev–Trinajstić information content (AvgIpc) is 2.42. The highest BCUT2D eigenvalue weighted by molar-refractivity contribution is 6.30.